The summed E-state index contributed by atoms with van der Waals surface area (Å²) in [6.45, 7) is 4.93. The Balaban J connectivity index is 2.39. The van der Waals surface area contributed by atoms with Crippen LogP contribution in [-0.2, 0) is 14.4 Å². The Morgan fingerprint density at radius 1 is 1.14 bits per heavy atom. The lowest BCUT2D eigenvalue weighted by Crippen LogP contribution is -2.67. The van der Waals surface area contributed by atoms with Gasteiger partial charge < -0.3 is 20.0 Å². The lowest BCUT2D eigenvalue weighted by Gasteiger charge is -2.37. The Labute approximate surface area is 215 Å². The number of alkyl halides is 3. The first-order valence-corrected chi connectivity index (χ1v) is 11.6. The summed E-state index contributed by atoms with van der Waals surface area (Å²) in [4.78, 5) is 62.4. The molecule has 1 fully saturated rings. The van der Waals surface area contributed by atoms with Crippen molar-refractivity contribution < 1.29 is 51.5 Å². The molecule has 37 heavy (non-hydrogen) atoms. The standard InChI is InChI=1S/C23H27ClF3N3O7/c1-22(2,3)18(29-19(34)14-7-6-8-15(17(14)24)37-23(25,26)27)20(35)30(9-4-5-10-30)21(36)28-13(12-31)11-16(32)33/h6-8,12-13,18H,4-5,9-11H2,1-3H3,(H2-,28,29,32,33,34,36)/p+1/t13-,18+/m0/s1. The van der Waals surface area contributed by atoms with Gasteiger partial charge in [-0.1, -0.05) is 38.4 Å². The number of aldehydes is 1. The van der Waals surface area contributed by atoms with Gasteiger partial charge in [-0.3, -0.25) is 14.9 Å². The van der Waals surface area contributed by atoms with Crippen molar-refractivity contribution in [1.29, 1.82) is 0 Å². The van der Waals surface area contributed by atoms with E-state index in [1.165, 1.54) is 0 Å². The van der Waals surface area contributed by atoms with E-state index in [0.717, 1.165) is 18.2 Å². The average Bonchev–Trinajstić information content (AvgIpc) is 3.27. The molecule has 204 valence electrons. The van der Waals surface area contributed by atoms with Crippen LogP contribution in [0.25, 0.3) is 0 Å². The fourth-order valence-electron chi connectivity index (χ4n) is 4.00. The second kappa shape index (κ2) is 11.5. The summed E-state index contributed by atoms with van der Waals surface area (Å²) in [5.41, 5.74) is -1.36. The molecular weight excluding hydrogens is 523 g/mol. The summed E-state index contributed by atoms with van der Waals surface area (Å²) in [5.74, 6) is -3.83. The van der Waals surface area contributed by atoms with Crippen molar-refractivity contribution in [2.24, 2.45) is 5.41 Å². The van der Waals surface area contributed by atoms with Crippen LogP contribution in [0.2, 0.25) is 5.02 Å². The molecule has 0 saturated carbocycles. The molecule has 2 rings (SSSR count). The summed E-state index contributed by atoms with van der Waals surface area (Å²) in [6, 6.07) is -0.373. The number of amides is 4. The van der Waals surface area contributed by atoms with E-state index in [0.29, 0.717) is 12.8 Å². The third-order valence-electron chi connectivity index (χ3n) is 5.83. The van der Waals surface area contributed by atoms with E-state index in [4.69, 9.17) is 16.7 Å². The molecule has 10 nitrogen and oxygen atoms in total. The van der Waals surface area contributed by atoms with Crippen LogP contribution in [0, 0.1) is 5.41 Å². The number of benzene rings is 1. The highest BCUT2D eigenvalue weighted by molar-refractivity contribution is 6.35. The van der Waals surface area contributed by atoms with Crippen LogP contribution in [0.1, 0.15) is 50.4 Å². The number of hydrogen-bond acceptors (Lipinski definition) is 6. The van der Waals surface area contributed by atoms with Crippen LogP contribution in [0.3, 0.4) is 0 Å². The Hall–Kier alpha value is -3.19. The smallest absolute Gasteiger partial charge is 0.481 e. The lowest BCUT2D eigenvalue weighted by atomic mass is 9.85. The molecule has 0 unspecified atom stereocenters. The van der Waals surface area contributed by atoms with E-state index in [2.05, 4.69) is 15.4 Å². The summed E-state index contributed by atoms with van der Waals surface area (Å²) >= 11 is 5.99. The van der Waals surface area contributed by atoms with E-state index in [1.54, 1.807) is 20.8 Å². The number of carboxylic acid groups (broad SMARTS) is 1. The molecule has 0 aliphatic carbocycles. The second-order valence-corrected chi connectivity index (χ2v) is 10.1. The van der Waals surface area contributed by atoms with E-state index in [1.807, 2.05) is 0 Å². The van der Waals surface area contributed by atoms with Gasteiger partial charge in [-0.15, -0.1) is 13.2 Å². The zero-order chi connectivity index (χ0) is 28.2. The molecule has 1 aliphatic rings. The maximum Gasteiger partial charge on any atom is 0.573 e. The van der Waals surface area contributed by atoms with Crippen LogP contribution in [-0.4, -0.2) is 71.2 Å². The molecule has 14 heteroatoms. The summed E-state index contributed by atoms with van der Waals surface area (Å²) in [6.07, 6.45) is -4.54. The molecule has 1 aromatic carbocycles. The molecule has 3 N–H and O–H groups in total. The topological polar surface area (TPSA) is 139 Å². The number of carbonyl (C=O) groups is 5. The molecule has 2 atom stereocenters. The van der Waals surface area contributed by atoms with Crippen molar-refractivity contribution in [3.63, 3.8) is 0 Å². The Kier molecular flexibility index (Phi) is 9.31. The minimum Gasteiger partial charge on any atom is -0.481 e. The van der Waals surface area contributed by atoms with Gasteiger partial charge >= 0.3 is 24.3 Å². The van der Waals surface area contributed by atoms with Crippen molar-refractivity contribution >= 4 is 41.7 Å². The van der Waals surface area contributed by atoms with Crippen LogP contribution >= 0.6 is 11.6 Å². The second-order valence-electron chi connectivity index (χ2n) is 9.69. The molecule has 0 spiro atoms. The highest BCUT2D eigenvalue weighted by Gasteiger charge is 2.53. The number of imide groups is 1. The number of quaternary nitrogens is 1. The van der Waals surface area contributed by atoms with Gasteiger partial charge in [0.15, 0.2) is 6.04 Å². The highest BCUT2D eigenvalue weighted by atomic mass is 35.5. The fourth-order valence-corrected chi connectivity index (χ4v) is 4.25. The maximum atomic E-state index is 13.8. The van der Waals surface area contributed by atoms with Crippen molar-refractivity contribution in [3.8, 4) is 5.75 Å². The molecule has 1 aliphatic heterocycles. The van der Waals surface area contributed by atoms with Gasteiger partial charge in [0.2, 0.25) is 0 Å². The van der Waals surface area contributed by atoms with Crippen molar-refractivity contribution in [2.45, 2.75) is 58.5 Å². The van der Waals surface area contributed by atoms with Crippen LogP contribution in [0.4, 0.5) is 18.0 Å². The van der Waals surface area contributed by atoms with E-state index in [9.17, 15) is 37.1 Å². The van der Waals surface area contributed by atoms with E-state index < -0.39 is 69.4 Å². The maximum absolute atomic E-state index is 13.8. The number of nitrogens with zero attached hydrogens (tertiary/aromatic N) is 1. The molecule has 4 amide bonds. The fraction of sp³-hybridized carbons (Fsp3) is 0.522. The van der Waals surface area contributed by atoms with Gasteiger partial charge in [0.1, 0.15) is 18.1 Å². The minimum atomic E-state index is -5.05. The average molecular weight is 551 g/mol. The first kappa shape index (κ1) is 30.0. The number of urea groups is 1. The molecule has 0 radical (unpaired) electrons. The van der Waals surface area contributed by atoms with Crippen LogP contribution in [0.15, 0.2) is 18.2 Å². The Morgan fingerprint density at radius 2 is 1.73 bits per heavy atom. The minimum absolute atomic E-state index is 0.0431. The van der Waals surface area contributed by atoms with Crippen molar-refractivity contribution in [3.05, 3.63) is 28.8 Å². The molecule has 0 bridgehead atoms. The lowest BCUT2D eigenvalue weighted by molar-refractivity contribution is -0.761. The van der Waals surface area contributed by atoms with Gasteiger partial charge in [-0.25, -0.2) is 9.59 Å². The highest BCUT2D eigenvalue weighted by Crippen LogP contribution is 2.34. The predicted molar refractivity (Wildman–Crippen MR) is 124 cm³/mol. The van der Waals surface area contributed by atoms with Gasteiger partial charge in [0, 0.05) is 12.8 Å². The number of rotatable bonds is 8. The molecule has 1 aromatic rings. The first-order chi connectivity index (χ1) is 17.0. The SMILES string of the molecule is CC(C)(C)[C@H](NC(=O)c1cccc(OC(F)(F)F)c1Cl)C(=O)[N+]1(C(=O)N[C@H](C=O)CC(=O)O)CCCC1. The quantitative estimate of drug-likeness (QED) is 0.333. The third kappa shape index (κ3) is 7.41. The van der Waals surface area contributed by atoms with E-state index in [-0.39, 0.29) is 24.9 Å². The number of aliphatic carboxylic acids is 1. The first-order valence-electron chi connectivity index (χ1n) is 11.3. The van der Waals surface area contributed by atoms with Crippen molar-refractivity contribution in [1.82, 2.24) is 10.6 Å². The third-order valence-corrected chi connectivity index (χ3v) is 6.22. The number of likely N-dealkylation sites (tertiary alicyclic amines) is 1. The largest absolute Gasteiger partial charge is 0.573 e. The Morgan fingerprint density at radius 3 is 2.22 bits per heavy atom. The van der Waals surface area contributed by atoms with Crippen LogP contribution < -0.4 is 15.4 Å². The number of hydrogen-bond donors (Lipinski definition) is 3. The normalized spacial score (nSPS) is 16.8. The molecule has 1 saturated heterocycles. The summed E-state index contributed by atoms with van der Waals surface area (Å²) < 4.78 is 41.1. The number of carbonyl (C=O) groups excluding carboxylic acids is 4. The number of ether oxygens (including phenoxy) is 1. The van der Waals surface area contributed by atoms with Gasteiger partial charge in [-0.2, -0.15) is 4.48 Å². The predicted octanol–water partition coefficient (Wildman–Crippen LogP) is 3.27. The van der Waals surface area contributed by atoms with Crippen molar-refractivity contribution in [2.75, 3.05) is 13.1 Å². The number of carboxylic acids is 1. The van der Waals surface area contributed by atoms with E-state index >= 15 is 0 Å². The Bertz CT molecular complexity index is 1070. The van der Waals surface area contributed by atoms with Crippen LogP contribution in [0.5, 0.6) is 5.75 Å². The number of nitrogens with one attached hydrogen (secondary N) is 2. The van der Waals surface area contributed by atoms with Gasteiger partial charge in [0.05, 0.1) is 30.1 Å². The van der Waals surface area contributed by atoms with Gasteiger partial charge in [-0.05, 0) is 17.5 Å². The summed E-state index contributed by atoms with van der Waals surface area (Å²) in [5, 5.41) is 13.1. The zero-order valence-corrected chi connectivity index (χ0v) is 21.1. The molecule has 0 aromatic heterocycles. The monoisotopic (exact) mass is 550 g/mol. The zero-order valence-electron chi connectivity index (χ0n) is 20.4. The summed E-state index contributed by atoms with van der Waals surface area (Å²) in [7, 11) is 0. The number of halogens is 4. The molecule has 1 heterocycles. The molecular formula is C23H28ClF3N3O7+. The van der Waals surface area contributed by atoms with Gasteiger partial charge in [0.25, 0.3) is 5.91 Å².